The minimum Gasteiger partial charge on any atom is -0.340 e. The number of rotatable bonds is 4. The SMILES string of the molecule is CN(C(=O)CCS(C)=O)C1CNC1. The van der Waals surface area contributed by atoms with Gasteiger partial charge in [-0.25, -0.2) is 0 Å². The number of carbonyl (C=O) groups excluding carboxylic acids is 1. The maximum atomic E-state index is 11.4. The summed E-state index contributed by atoms with van der Waals surface area (Å²) in [6.45, 7) is 1.77. The molecule has 0 aromatic rings. The molecule has 0 spiro atoms. The van der Waals surface area contributed by atoms with Gasteiger partial charge in [0.25, 0.3) is 0 Å². The molecule has 1 fully saturated rings. The molecule has 1 saturated heterocycles. The summed E-state index contributed by atoms with van der Waals surface area (Å²) < 4.78 is 10.8. The number of amides is 1. The van der Waals surface area contributed by atoms with Gasteiger partial charge in [-0.15, -0.1) is 0 Å². The van der Waals surface area contributed by atoms with Crippen LogP contribution in [0.4, 0.5) is 0 Å². The topological polar surface area (TPSA) is 49.4 Å². The van der Waals surface area contributed by atoms with Crippen LogP contribution in [0.3, 0.4) is 0 Å². The summed E-state index contributed by atoms with van der Waals surface area (Å²) in [6.07, 6.45) is 2.02. The van der Waals surface area contributed by atoms with E-state index in [0.29, 0.717) is 18.2 Å². The molecule has 0 aromatic carbocycles. The highest BCUT2D eigenvalue weighted by atomic mass is 32.2. The van der Waals surface area contributed by atoms with E-state index >= 15 is 0 Å². The lowest BCUT2D eigenvalue weighted by Crippen LogP contribution is -2.57. The van der Waals surface area contributed by atoms with Crippen LogP contribution in [0.1, 0.15) is 6.42 Å². The molecule has 1 heterocycles. The highest BCUT2D eigenvalue weighted by molar-refractivity contribution is 7.84. The Morgan fingerprint density at radius 1 is 1.62 bits per heavy atom. The first kappa shape index (κ1) is 10.7. The summed E-state index contributed by atoms with van der Waals surface area (Å²) >= 11 is 0. The van der Waals surface area contributed by atoms with Crippen LogP contribution < -0.4 is 5.32 Å². The van der Waals surface area contributed by atoms with Crippen molar-refractivity contribution in [1.29, 1.82) is 0 Å². The maximum Gasteiger partial charge on any atom is 0.223 e. The largest absolute Gasteiger partial charge is 0.340 e. The minimum atomic E-state index is -0.863. The van der Waals surface area contributed by atoms with Crippen molar-refractivity contribution in [3.63, 3.8) is 0 Å². The van der Waals surface area contributed by atoms with Gasteiger partial charge in [0.15, 0.2) is 0 Å². The quantitative estimate of drug-likeness (QED) is 0.651. The van der Waals surface area contributed by atoms with Crippen LogP contribution >= 0.6 is 0 Å². The van der Waals surface area contributed by atoms with Crippen LogP contribution in [0, 0.1) is 0 Å². The number of hydrogen-bond acceptors (Lipinski definition) is 3. The van der Waals surface area contributed by atoms with E-state index in [1.165, 1.54) is 0 Å². The molecule has 76 valence electrons. The summed E-state index contributed by atoms with van der Waals surface area (Å²) in [5.74, 6) is 0.574. The normalized spacial score (nSPS) is 19.2. The molecule has 13 heavy (non-hydrogen) atoms. The van der Waals surface area contributed by atoms with Gasteiger partial charge in [-0.1, -0.05) is 0 Å². The van der Waals surface area contributed by atoms with E-state index < -0.39 is 10.8 Å². The first-order chi connectivity index (χ1) is 6.11. The van der Waals surface area contributed by atoms with Gasteiger partial charge in [-0.05, 0) is 0 Å². The molecule has 1 atom stereocenters. The lowest BCUT2D eigenvalue weighted by molar-refractivity contribution is -0.132. The van der Waals surface area contributed by atoms with Gasteiger partial charge < -0.3 is 10.2 Å². The number of carbonyl (C=O) groups is 1. The molecule has 0 bridgehead atoms. The highest BCUT2D eigenvalue weighted by Crippen LogP contribution is 2.04. The molecule has 1 amide bonds. The second-order valence-corrected chi connectivity index (χ2v) is 4.90. The summed E-state index contributed by atoms with van der Waals surface area (Å²) in [5.41, 5.74) is 0. The molecular weight excluding hydrogens is 188 g/mol. The fraction of sp³-hybridized carbons (Fsp3) is 0.875. The first-order valence-electron chi connectivity index (χ1n) is 4.37. The summed E-state index contributed by atoms with van der Waals surface area (Å²) in [4.78, 5) is 13.2. The molecule has 1 rings (SSSR count). The van der Waals surface area contributed by atoms with Crippen molar-refractivity contribution < 1.29 is 9.00 Å². The third-order valence-electron chi connectivity index (χ3n) is 2.30. The molecule has 0 aliphatic carbocycles. The second-order valence-electron chi connectivity index (χ2n) is 3.34. The zero-order chi connectivity index (χ0) is 9.84. The Morgan fingerprint density at radius 2 is 2.23 bits per heavy atom. The molecule has 5 heteroatoms. The Kier molecular flexibility index (Phi) is 3.87. The lowest BCUT2D eigenvalue weighted by Gasteiger charge is -2.35. The van der Waals surface area contributed by atoms with Gasteiger partial charge in [-0.3, -0.25) is 9.00 Å². The van der Waals surface area contributed by atoms with E-state index in [2.05, 4.69) is 5.32 Å². The van der Waals surface area contributed by atoms with Gasteiger partial charge in [0, 0.05) is 49.4 Å². The van der Waals surface area contributed by atoms with Crippen LogP contribution in [0.5, 0.6) is 0 Å². The first-order valence-corrected chi connectivity index (χ1v) is 6.10. The fourth-order valence-corrected chi connectivity index (χ4v) is 1.62. The lowest BCUT2D eigenvalue weighted by atomic mass is 10.1. The standard InChI is InChI=1S/C8H16N2O2S/c1-10(7-5-9-6-7)8(11)3-4-13(2)12/h7,9H,3-6H2,1-2H3. The zero-order valence-electron chi connectivity index (χ0n) is 8.08. The Balaban J connectivity index is 2.25. The van der Waals surface area contributed by atoms with E-state index in [1.807, 2.05) is 7.05 Å². The van der Waals surface area contributed by atoms with Crippen molar-refractivity contribution >= 4 is 16.7 Å². The molecule has 0 radical (unpaired) electrons. The number of likely N-dealkylation sites (N-methyl/N-ethyl adjacent to an activating group) is 1. The predicted molar refractivity (Wildman–Crippen MR) is 53.0 cm³/mol. The average molecular weight is 204 g/mol. The number of nitrogens with zero attached hydrogens (tertiary/aromatic N) is 1. The number of hydrogen-bond donors (Lipinski definition) is 1. The van der Waals surface area contributed by atoms with Gasteiger partial charge in [0.05, 0.1) is 6.04 Å². The second kappa shape index (κ2) is 4.72. The average Bonchev–Trinajstić information content (AvgIpc) is 1.96. The minimum absolute atomic E-state index is 0.0988. The van der Waals surface area contributed by atoms with E-state index in [-0.39, 0.29) is 5.91 Å². The summed E-state index contributed by atoms with van der Waals surface area (Å²) in [5, 5.41) is 3.11. The maximum absolute atomic E-state index is 11.4. The van der Waals surface area contributed by atoms with E-state index in [0.717, 1.165) is 13.1 Å². The molecule has 0 aromatic heterocycles. The monoisotopic (exact) mass is 204 g/mol. The van der Waals surface area contributed by atoms with Crippen molar-refractivity contribution in [2.24, 2.45) is 0 Å². The molecule has 1 aliphatic heterocycles. The molecule has 1 N–H and O–H groups in total. The summed E-state index contributed by atoms with van der Waals surface area (Å²) in [7, 11) is 0.949. The molecule has 4 nitrogen and oxygen atoms in total. The van der Waals surface area contributed by atoms with Gasteiger partial charge in [0.1, 0.15) is 0 Å². The number of nitrogens with one attached hydrogen (secondary N) is 1. The third-order valence-corrected chi connectivity index (χ3v) is 3.08. The van der Waals surface area contributed by atoms with Crippen LogP contribution in [0.2, 0.25) is 0 Å². The van der Waals surface area contributed by atoms with Crippen LogP contribution in [-0.2, 0) is 15.6 Å². The van der Waals surface area contributed by atoms with Crippen LogP contribution in [-0.4, -0.2) is 53.2 Å². The van der Waals surface area contributed by atoms with Crippen LogP contribution in [0.25, 0.3) is 0 Å². The van der Waals surface area contributed by atoms with Crippen LogP contribution in [0.15, 0.2) is 0 Å². The smallest absolute Gasteiger partial charge is 0.223 e. The zero-order valence-corrected chi connectivity index (χ0v) is 8.89. The summed E-state index contributed by atoms with van der Waals surface area (Å²) in [6, 6.07) is 0.345. The van der Waals surface area contributed by atoms with Gasteiger partial charge in [0.2, 0.25) is 5.91 Å². The Labute approximate surface area is 81.1 Å². The third kappa shape index (κ3) is 3.08. The van der Waals surface area contributed by atoms with Crippen molar-refractivity contribution in [1.82, 2.24) is 10.2 Å². The molecule has 1 aliphatic rings. The van der Waals surface area contributed by atoms with Crippen molar-refractivity contribution in [2.45, 2.75) is 12.5 Å². The predicted octanol–water partition coefficient (Wildman–Crippen LogP) is -0.815. The highest BCUT2D eigenvalue weighted by Gasteiger charge is 2.24. The molecular formula is C8H16N2O2S. The van der Waals surface area contributed by atoms with E-state index in [1.54, 1.807) is 11.2 Å². The van der Waals surface area contributed by atoms with Crippen molar-refractivity contribution in [2.75, 3.05) is 32.1 Å². The van der Waals surface area contributed by atoms with Gasteiger partial charge >= 0.3 is 0 Å². The fourth-order valence-electron chi connectivity index (χ4n) is 1.16. The van der Waals surface area contributed by atoms with E-state index in [4.69, 9.17) is 0 Å². The van der Waals surface area contributed by atoms with Crippen molar-refractivity contribution in [3.05, 3.63) is 0 Å². The van der Waals surface area contributed by atoms with Crippen molar-refractivity contribution in [3.8, 4) is 0 Å². The molecule has 1 unspecified atom stereocenters. The molecule has 0 saturated carbocycles. The Morgan fingerprint density at radius 3 is 2.62 bits per heavy atom. The van der Waals surface area contributed by atoms with E-state index in [9.17, 15) is 9.00 Å². The van der Waals surface area contributed by atoms with Gasteiger partial charge in [-0.2, -0.15) is 0 Å². The Bertz CT molecular complexity index is 216. The Hall–Kier alpha value is -0.420.